The van der Waals surface area contributed by atoms with E-state index in [-0.39, 0.29) is 18.4 Å². The standard InChI is InChI=1S/C13H14N4.ClH/c14-11-4-1-5-12-10(11)8-16-13(17-12)9-3-2-6-15-7-9;/h2-3,6-8,11H,1,4-5,14H2;1H. The molecule has 0 spiro atoms. The molecule has 2 aromatic rings. The summed E-state index contributed by atoms with van der Waals surface area (Å²) in [6.07, 6.45) is 8.54. The molecule has 0 fully saturated rings. The van der Waals surface area contributed by atoms with Gasteiger partial charge >= 0.3 is 0 Å². The summed E-state index contributed by atoms with van der Waals surface area (Å²) in [6.45, 7) is 0. The SMILES string of the molecule is Cl.NC1CCCc2nc(-c3cccnc3)ncc21. The predicted octanol–water partition coefficient (Wildman–Crippen LogP) is 2.30. The van der Waals surface area contributed by atoms with Gasteiger partial charge < -0.3 is 5.73 Å². The summed E-state index contributed by atoms with van der Waals surface area (Å²) < 4.78 is 0. The Morgan fingerprint density at radius 1 is 1.28 bits per heavy atom. The van der Waals surface area contributed by atoms with Gasteiger partial charge in [-0.15, -0.1) is 12.4 Å². The summed E-state index contributed by atoms with van der Waals surface area (Å²) in [6, 6.07) is 3.96. The highest BCUT2D eigenvalue weighted by atomic mass is 35.5. The summed E-state index contributed by atoms with van der Waals surface area (Å²) in [5.74, 6) is 0.742. The highest BCUT2D eigenvalue weighted by Crippen LogP contribution is 2.27. The molecule has 1 atom stereocenters. The number of aryl methyl sites for hydroxylation is 1. The van der Waals surface area contributed by atoms with Gasteiger partial charge in [-0.2, -0.15) is 0 Å². The molecule has 0 amide bonds. The van der Waals surface area contributed by atoms with Crippen LogP contribution in [0.4, 0.5) is 0 Å². The molecule has 1 unspecified atom stereocenters. The van der Waals surface area contributed by atoms with Gasteiger partial charge in [0.2, 0.25) is 0 Å². The van der Waals surface area contributed by atoms with Gasteiger partial charge in [-0.3, -0.25) is 4.98 Å². The number of rotatable bonds is 1. The number of halogens is 1. The first-order valence-electron chi connectivity index (χ1n) is 5.86. The fourth-order valence-electron chi connectivity index (χ4n) is 2.22. The number of hydrogen-bond acceptors (Lipinski definition) is 4. The fraction of sp³-hybridized carbons (Fsp3) is 0.308. The van der Waals surface area contributed by atoms with Crippen LogP contribution >= 0.6 is 12.4 Å². The van der Waals surface area contributed by atoms with Gasteiger partial charge in [-0.25, -0.2) is 9.97 Å². The maximum Gasteiger partial charge on any atom is 0.160 e. The van der Waals surface area contributed by atoms with Crippen LogP contribution in [0.15, 0.2) is 30.7 Å². The van der Waals surface area contributed by atoms with Gasteiger partial charge in [-0.1, -0.05) is 0 Å². The molecule has 0 aromatic carbocycles. The van der Waals surface area contributed by atoms with Crippen LogP contribution in [0.1, 0.15) is 30.1 Å². The zero-order valence-corrected chi connectivity index (χ0v) is 10.7. The van der Waals surface area contributed by atoms with Crippen LogP contribution in [0.3, 0.4) is 0 Å². The largest absolute Gasteiger partial charge is 0.324 e. The van der Waals surface area contributed by atoms with E-state index in [4.69, 9.17) is 5.73 Å². The van der Waals surface area contributed by atoms with E-state index in [0.717, 1.165) is 41.9 Å². The number of aromatic nitrogens is 3. The lowest BCUT2D eigenvalue weighted by atomic mass is 9.93. The Kier molecular flexibility index (Phi) is 3.89. The quantitative estimate of drug-likeness (QED) is 0.856. The van der Waals surface area contributed by atoms with Gasteiger partial charge in [0, 0.05) is 41.5 Å². The van der Waals surface area contributed by atoms with Crippen LogP contribution in [-0.4, -0.2) is 15.0 Å². The Hall–Kier alpha value is -1.52. The Balaban J connectivity index is 0.00000120. The molecule has 5 heteroatoms. The highest BCUT2D eigenvalue weighted by Gasteiger charge is 2.19. The Morgan fingerprint density at radius 3 is 2.94 bits per heavy atom. The molecule has 1 aliphatic carbocycles. The minimum atomic E-state index is 0. The van der Waals surface area contributed by atoms with Crippen molar-refractivity contribution in [2.75, 3.05) is 0 Å². The maximum absolute atomic E-state index is 6.04. The number of hydrogen-bond donors (Lipinski definition) is 1. The van der Waals surface area contributed by atoms with Crippen LogP contribution in [0.25, 0.3) is 11.4 Å². The zero-order valence-electron chi connectivity index (χ0n) is 9.91. The molecular formula is C13H15ClN4. The fourth-order valence-corrected chi connectivity index (χ4v) is 2.22. The molecule has 3 rings (SSSR count). The molecule has 1 aliphatic rings. The van der Waals surface area contributed by atoms with E-state index in [1.807, 2.05) is 18.3 Å². The molecule has 2 heterocycles. The normalized spacial score (nSPS) is 17.7. The predicted molar refractivity (Wildman–Crippen MR) is 72.4 cm³/mol. The Morgan fingerprint density at radius 2 is 2.17 bits per heavy atom. The molecule has 0 saturated heterocycles. The average Bonchev–Trinajstić information content (AvgIpc) is 2.40. The van der Waals surface area contributed by atoms with Crippen LogP contribution in [0.5, 0.6) is 0 Å². The first kappa shape index (κ1) is 12.9. The van der Waals surface area contributed by atoms with Crippen LogP contribution in [-0.2, 0) is 6.42 Å². The van der Waals surface area contributed by atoms with E-state index in [9.17, 15) is 0 Å². The van der Waals surface area contributed by atoms with Crippen molar-refractivity contribution in [2.24, 2.45) is 5.73 Å². The number of pyridine rings is 1. The molecule has 0 saturated carbocycles. The third kappa shape index (κ3) is 2.35. The van der Waals surface area contributed by atoms with E-state index in [1.165, 1.54) is 0 Å². The van der Waals surface area contributed by atoms with E-state index in [1.54, 1.807) is 12.4 Å². The number of nitrogens with zero attached hydrogens (tertiary/aromatic N) is 3. The van der Waals surface area contributed by atoms with Gasteiger partial charge in [0.15, 0.2) is 5.82 Å². The zero-order chi connectivity index (χ0) is 11.7. The van der Waals surface area contributed by atoms with Crippen LogP contribution in [0.2, 0.25) is 0 Å². The summed E-state index contributed by atoms with van der Waals surface area (Å²) >= 11 is 0. The molecule has 2 aromatic heterocycles. The molecule has 0 radical (unpaired) electrons. The van der Waals surface area contributed by atoms with Crippen molar-refractivity contribution in [3.8, 4) is 11.4 Å². The summed E-state index contributed by atoms with van der Waals surface area (Å²) in [5.41, 5.74) is 9.19. The average molecular weight is 263 g/mol. The van der Waals surface area contributed by atoms with Crippen molar-refractivity contribution < 1.29 is 0 Å². The summed E-state index contributed by atoms with van der Waals surface area (Å²) in [5, 5.41) is 0. The second-order valence-electron chi connectivity index (χ2n) is 4.34. The van der Waals surface area contributed by atoms with Crippen molar-refractivity contribution >= 4 is 12.4 Å². The van der Waals surface area contributed by atoms with E-state index in [2.05, 4.69) is 15.0 Å². The molecule has 0 bridgehead atoms. The van der Waals surface area contributed by atoms with Gasteiger partial charge in [0.25, 0.3) is 0 Å². The first-order chi connectivity index (χ1) is 8.34. The third-order valence-electron chi connectivity index (χ3n) is 3.15. The van der Waals surface area contributed by atoms with Gasteiger partial charge in [0.1, 0.15) is 0 Å². The minimum absolute atomic E-state index is 0. The maximum atomic E-state index is 6.04. The first-order valence-corrected chi connectivity index (χ1v) is 5.86. The van der Waals surface area contributed by atoms with E-state index >= 15 is 0 Å². The second kappa shape index (κ2) is 5.42. The molecule has 0 aliphatic heterocycles. The van der Waals surface area contributed by atoms with Gasteiger partial charge in [0.05, 0.1) is 0 Å². The highest BCUT2D eigenvalue weighted by molar-refractivity contribution is 5.85. The van der Waals surface area contributed by atoms with E-state index < -0.39 is 0 Å². The Bertz CT molecular complexity index is 530. The van der Waals surface area contributed by atoms with Crippen molar-refractivity contribution in [1.29, 1.82) is 0 Å². The molecule has 4 nitrogen and oxygen atoms in total. The monoisotopic (exact) mass is 262 g/mol. The van der Waals surface area contributed by atoms with Crippen LogP contribution < -0.4 is 5.73 Å². The summed E-state index contributed by atoms with van der Waals surface area (Å²) in [4.78, 5) is 13.1. The number of nitrogens with two attached hydrogens (primary N) is 1. The van der Waals surface area contributed by atoms with Crippen molar-refractivity contribution in [2.45, 2.75) is 25.3 Å². The molecule has 2 N–H and O–H groups in total. The van der Waals surface area contributed by atoms with E-state index in [0.29, 0.717) is 0 Å². The Labute approximate surface area is 112 Å². The molecule has 94 valence electrons. The number of fused-ring (bicyclic) bond motifs is 1. The summed E-state index contributed by atoms with van der Waals surface area (Å²) in [7, 11) is 0. The lowest BCUT2D eigenvalue weighted by Crippen LogP contribution is -2.19. The van der Waals surface area contributed by atoms with Crippen molar-refractivity contribution in [1.82, 2.24) is 15.0 Å². The van der Waals surface area contributed by atoms with Gasteiger partial charge in [-0.05, 0) is 31.4 Å². The van der Waals surface area contributed by atoms with Crippen molar-refractivity contribution in [3.05, 3.63) is 42.0 Å². The minimum Gasteiger partial charge on any atom is -0.324 e. The third-order valence-corrected chi connectivity index (χ3v) is 3.15. The molecular weight excluding hydrogens is 248 g/mol. The lowest BCUT2D eigenvalue weighted by molar-refractivity contribution is 0.557. The van der Waals surface area contributed by atoms with Crippen LogP contribution in [0, 0.1) is 0 Å². The topological polar surface area (TPSA) is 64.7 Å². The lowest BCUT2D eigenvalue weighted by Gasteiger charge is -2.20. The second-order valence-corrected chi connectivity index (χ2v) is 4.34. The molecule has 18 heavy (non-hydrogen) atoms. The smallest absolute Gasteiger partial charge is 0.160 e. The van der Waals surface area contributed by atoms with Crippen molar-refractivity contribution in [3.63, 3.8) is 0 Å².